The Hall–Kier alpha value is -4.67. The molecule has 0 unspecified atom stereocenters. The van der Waals surface area contributed by atoms with Crippen LogP contribution in [0.3, 0.4) is 0 Å². The van der Waals surface area contributed by atoms with Crippen molar-refractivity contribution in [2.45, 2.75) is 52.8 Å². The van der Waals surface area contributed by atoms with Gasteiger partial charge >= 0.3 is 18.1 Å². The Morgan fingerprint density at radius 2 is 1.54 bits per heavy atom. The second kappa shape index (κ2) is 10.2. The Labute approximate surface area is 224 Å². The predicted molar refractivity (Wildman–Crippen MR) is 141 cm³/mol. The van der Waals surface area contributed by atoms with Crippen LogP contribution in [0.2, 0.25) is 0 Å². The highest BCUT2D eigenvalue weighted by molar-refractivity contribution is 6.21. The molecule has 204 valence electrons. The lowest BCUT2D eigenvalue weighted by Gasteiger charge is -2.33. The molecule has 0 aliphatic carbocycles. The second-order valence-corrected chi connectivity index (χ2v) is 10.6. The molecule has 11 heteroatoms. The number of urea groups is 1. The van der Waals surface area contributed by atoms with Crippen LogP contribution in [0.5, 0.6) is 0 Å². The summed E-state index contributed by atoms with van der Waals surface area (Å²) in [6, 6.07) is 10.9. The lowest BCUT2D eigenvalue weighted by atomic mass is 10.0. The third-order valence-corrected chi connectivity index (χ3v) is 6.18. The van der Waals surface area contributed by atoms with Crippen LogP contribution in [0.1, 0.15) is 60.9 Å². The molecule has 0 bridgehead atoms. The number of amides is 4. The number of hydrazine groups is 1. The number of benzene rings is 2. The summed E-state index contributed by atoms with van der Waals surface area (Å²) in [5, 5.41) is 14.5. The molecule has 11 nitrogen and oxygen atoms in total. The molecule has 2 heterocycles. The number of hydrogen-bond acceptors (Lipinski definition) is 6. The molecule has 4 rings (SSSR count). The number of carbonyl (C=O) groups is 5. The average molecular weight is 535 g/mol. The van der Waals surface area contributed by atoms with E-state index in [1.165, 1.54) is 18.3 Å². The van der Waals surface area contributed by atoms with Gasteiger partial charge < -0.3 is 15.2 Å². The number of hydrogen-bond donors (Lipinski definition) is 2. The summed E-state index contributed by atoms with van der Waals surface area (Å²) in [5.74, 6) is -2.49. The minimum Gasteiger partial charge on any atom is -0.464 e. The number of fused-ring (bicyclic) bond motifs is 2. The molecular weight excluding hydrogens is 504 g/mol. The number of aromatic nitrogens is 1. The SMILES string of the molecule is CC(C)[C@H](NC(=O)N(Cc1cn(C(=O)O)c2ccccc12)N1C(=O)c2ccccc2C1=O)C(=O)OC(C)(C)C. The highest BCUT2D eigenvalue weighted by Crippen LogP contribution is 2.28. The minimum absolute atomic E-state index is 0.126. The third-order valence-electron chi connectivity index (χ3n) is 6.18. The topological polar surface area (TPSA) is 138 Å². The Morgan fingerprint density at radius 1 is 0.974 bits per heavy atom. The van der Waals surface area contributed by atoms with Crippen molar-refractivity contribution in [3.63, 3.8) is 0 Å². The number of carboxylic acid groups (broad SMARTS) is 1. The zero-order valence-electron chi connectivity index (χ0n) is 22.3. The smallest absolute Gasteiger partial charge is 0.416 e. The van der Waals surface area contributed by atoms with Gasteiger partial charge in [-0.2, -0.15) is 5.01 Å². The molecular formula is C28H30N4O7. The molecule has 39 heavy (non-hydrogen) atoms. The van der Waals surface area contributed by atoms with Crippen LogP contribution in [0, 0.1) is 5.92 Å². The highest BCUT2D eigenvalue weighted by atomic mass is 16.6. The van der Waals surface area contributed by atoms with Crippen molar-refractivity contribution in [3.8, 4) is 0 Å². The van der Waals surface area contributed by atoms with E-state index < -0.39 is 41.6 Å². The van der Waals surface area contributed by atoms with Gasteiger partial charge in [0.25, 0.3) is 11.8 Å². The summed E-state index contributed by atoms with van der Waals surface area (Å²) >= 11 is 0. The Bertz CT molecular complexity index is 1450. The number of ether oxygens (including phenoxy) is 1. The third kappa shape index (κ3) is 5.33. The molecule has 2 N–H and O–H groups in total. The number of rotatable bonds is 6. The van der Waals surface area contributed by atoms with Crippen LogP contribution in [-0.2, 0) is 16.1 Å². The molecule has 4 amide bonds. The lowest BCUT2D eigenvalue weighted by Crippen LogP contribution is -2.57. The van der Waals surface area contributed by atoms with E-state index in [0.717, 1.165) is 14.6 Å². The first-order chi connectivity index (χ1) is 18.3. The standard InChI is InChI=1S/C28H30N4O7/c1-16(2)22(25(35)39-28(3,4)5)29-26(36)31(32-23(33)19-11-6-7-12-20(19)24(32)34)15-17-14-30(27(37)38)21-13-9-8-10-18(17)21/h6-14,16,22H,15H2,1-5H3,(H,29,36)(H,37,38)/t22-/m0/s1. The molecule has 0 saturated heterocycles. The first kappa shape index (κ1) is 27.4. The maximum Gasteiger partial charge on any atom is 0.416 e. The van der Waals surface area contributed by atoms with E-state index in [1.807, 2.05) is 0 Å². The number of para-hydroxylation sites is 1. The molecule has 1 aromatic heterocycles. The largest absolute Gasteiger partial charge is 0.464 e. The van der Waals surface area contributed by atoms with Gasteiger partial charge in [0.15, 0.2) is 0 Å². The Balaban J connectivity index is 1.76. The maximum atomic E-state index is 13.8. The van der Waals surface area contributed by atoms with Crippen LogP contribution < -0.4 is 5.32 Å². The second-order valence-electron chi connectivity index (χ2n) is 10.6. The van der Waals surface area contributed by atoms with E-state index in [9.17, 15) is 29.1 Å². The molecule has 0 radical (unpaired) electrons. The van der Waals surface area contributed by atoms with E-state index in [1.54, 1.807) is 71.0 Å². The zero-order chi connectivity index (χ0) is 28.6. The predicted octanol–water partition coefficient (Wildman–Crippen LogP) is 4.26. The highest BCUT2D eigenvalue weighted by Gasteiger charge is 2.43. The summed E-state index contributed by atoms with van der Waals surface area (Å²) < 4.78 is 6.48. The van der Waals surface area contributed by atoms with Gasteiger partial charge in [0, 0.05) is 11.6 Å². The molecule has 1 atom stereocenters. The fourth-order valence-electron chi connectivity index (χ4n) is 4.40. The van der Waals surface area contributed by atoms with Crippen molar-refractivity contribution in [1.29, 1.82) is 0 Å². The van der Waals surface area contributed by atoms with Crippen molar-refractivity contribution in [3.05, 3.63) is 71.4 Å². The fourth-order valence-corrected chi connectivity index (χ4v) is 4.40. The van der Waals surface area contributed by atoms with Crippen LogP contribution >= 0.6 is 0 Å². The van der Waals surface area contributed by atoms with Crippen molar-refractivity contribution >= 4 is 40.8 Å². The van der Waals surface area contributed by atoms with Crippen LogP contribution in [0.15, 0.2) is 54.7 Å². The van der Waals surface area contributed by atoms with Crippen LogP contribution in [0.4, 0.5) is 9.59 Å². The van der Waals surface area contributed by atoms with Crippen molar-refractivity contribution in [2.75, 3.05) is 0 Å². The van der Waals surface area contributed by atoms with Gasteiger partial charge in [0.2, 0.25) is 0 Å². The summed E-state index contributed by atoms with van der Waals surface area (Å²) in [4.78, 5) is 65.3. The monoisotopic (exact) mass is 534 g/mol. The number of imide groups is 1. The molecule has 0 spiro atoms. The number of nitrogens with zero attached hydrogens (tertiary/aromatic N) is 3. The van der Waals surface area contributed by atoms with Crippen molar-refractivity contribution in [2.24, 2.45) is 5.92 Å². The van der Waals surface area contributed by atoms with Gasteiger partial charge in [0.05, 0.1) is 23.2 Å². The summed E-state index contributed by atoms with van der Waals surface area (Å²) in [6.45, 7) is 8.22. The molecule has 1 aliphatic rings. The normalized spacial score (nSPS) is 13.9. The number of nitrogens with one attached hydrogen (secondary N) is 1. The van der Waals surface area contributed by atoms with E-state index in [4.69, 9.17) is 4.74 Å². The van der Waals surface area contributed by atoms with Crippen molar-refractivity contribution < 1.29 is 33.8 Å². The van der Waals surface area contributed by atoms with E-state index in [0.29, 0.717) is 16.5 Å². The fraction of sp³-hybridized carbons (Fsp3) is 0.321. The van der Waals surface area contributed by atoms with Gasteiger partial charge in [-0.15, -0.1) is 0 Å². The van der Waals surface area contributed by atoms with Crippen LogP contribution in [0.25, 0.3) is 10.9 Å². The molecule has 0 saturated carbocycles. The maximum absolute atomic E-state index is 13.8. The van der Waals surface area contributed by atoms with Gasteiger partial charge in [0.1, 0.15) is 11.6 Å². The van der Waals surface area contributed by atoms with E-state index in [-0.39, 0.29) is 23.6 Å². The molecule has 2 aromatic carbocycles. The summed E-state index contributed by atoms with van der Waals surface area (Å²) in [5.41, 5.74) is 0.187. The molecule has 3 aromatic rings. The quantitative estimate of drug-likeness (QED) is 0.356. The average Bonchev–Trinajstić information content (AvgIpc) is 3.35. The minimum atomic E-state index is -1.24. The zero-order valence-corrected chi connectivity index (χ0v) is 22.3. The Morgan fingerprint density at radius 3 is 2.08 bits per heavy atom. The first-order valence-electron chi connectivity index (χ1n) is 12.4. The summed E-state index contributed by atoms with van der Waals surface area (Å²) in [6.07, 6.45) is 0.0955. The van der Waals surface area contributed by atoms with Gasteiger partial charge in [-0.25, -0.2) is 19.4 Å². The molecule has 1 aliphatic heterocycles. The first-order valence-corrected chi connectivity index (χ1v) is 12.4. The van der Waals surface area contributed by atoms with Gasteiger partial charge in [-0.1, -0.05) is 44.2 Å². The van der Waals surface area contributed by atoms with E-state index >= 15 is 0 Å². The van der Waals surface area contributed by atoms with Gasteiger partial charge in [-0.3, -0.25) is 14.2 Å². The van der Waals surface area contributed by atoms with Crippen molar-refractivity contribution in [1.82, 2.24) is 19.9 Å². The van der Waals surface area contributed by atoms with Crippen LogP contribution in [-0.4, -0.2) is 61.2 Å². The lowest BCUT2D eigenvalue weighted by molar-refractivity contribution is -0.158. The van der Waals surface area contributed by atoms with Gasteiger partial charge in [-0.05, 0) is 50.5 Å². The van der Waals surface area contributed by atoms with E-state index in [2.05, 4.69) is 5.32 Å². The molecule has 0 fully saturated rings. The number of carbonyl (C=O) groups excluding carboxylic acids is 4. The number of esters is 1. The Kier molecular flexibility index (Phi) is 7.18. The summed E-state index contributed by atoms with van der Waals surface area (Å²) in [7, 11) is 0.